The molecule has 88 valence electrons. The molecule has 17 heavy (non-hydrogen) atoms. The largest absolute Gasteiger partial charge is 0.485 e. The van der Waals surface area contributed by atoms with Gasteiger partial charge < -0.3 is 14.4 Å². The number of carboxylic acid groups (broad SMARTS) is 1. The van der Waals surface area contributed by atoms with Crippen LogP contribution in [0.1, 0.15) is 16.2 Å². The van der Waals surface area contributed by atoms with Crippen LogP contribution >= 0.6 is 0 Å². The minimum absolute atomic E-state index is 0.0288. The second-order valence-electron chi connectivity index (χ2n) is 3.12. The number of aromatic nitrogens is 2. The van der Waals surface area contributed by atoms with E-state index < -0.39 is 11.8 Å². The van der Waals surface area contributed by atoms with Gasteiger partial charge in [-0.15, -0.1) is 0 Å². The van der Waals surface area contributed by atoms with E-state index in [1.807, 2.05) is 0 Å². The molecule has 6 nitrogen and oxygen atoms in total. The molecular weight excluding hydrogens is 231 g/mol. The van der Waals surface area contributed by atoms with E-state index in [0.29, 0.717) is 0 Å². The van der Waals surface area contributed by atoms with Crippen LogP contribution < -0.4 is 4.74 Å². The molecule has 0 radical (unpaired) electrons. The molecule has 0 aliphatic carbocycles. The van der Waals surface area contributed by atoms with Gasteiger partial charge in [0.05, 0.1) is 5.56 Å². The lowest BCUT2D eigenvalue weighted by Gasteiger charge is -2.04. The Bertz CT molecular complexity index is 527. The van der Waals surface area contributed by atoms with Crippen molar-refractivity contribution >= 4 is 5.97 Å². The molecule has 0 amide bonds. The van der Waals surface area contributed by atoms with Crippen molar-refractivity contribution in [3.05, 3.63) is 41.8 Å². The molecule has 1 aromatic heterocycles. The molecule has 0 bridgehead atoms. The van der Waals surface area contributed by atoms with E-state index in [-0.39, 0.29) is 23.7 Å². The number of aromatic carboxylic acids is 1. The van der Waals surface area contributed by atoms with Crippen LogP contribution in [-0.4, -0.2) is 21.2 Å². The Morgan fingerprint density at radius 2 is 2.29 bits per heavy atom. The van der Waals surface area contributed by atoms with Crippen LogP contribution in [0.2, 0.25) is 0 Å². The molecule has 1 N–H and O–H groups in total. The molecule has 1 aromatic carbocycles. The lowest BCUT2D eigenvalue weighted by atomic mass is 10.2. The normalized spacial score (nSPS) is 10.2. The summed E-state index contributed by atoms with van der Waals surface area (Å²) >= 11 is 0. The predicted octanol–water partition coefficient (Wildman–Crippen LogP) is 1.49. The Hall–Kier alpha value is -2.44. The van der Waals surface area contributed by atoms with E-state index in [1.54, 1.807) is 0 Å². The van der Waals surface area contributed by atoms with Gasteiger partial charge in [0.2, 0.25) is 12.2 Å². The van der Waals surface area contributed by atoms with Gasteiger partial charge in [-0.2, -0.15) is 4.98 Å². The number of benzene rings is 1. The van der Waals surface area contributed by atoms with Crippen molar-refractivity contribution in [2.24, 2.45) is 0 Å². The maximum absolute atomic E-state index is 13.1. The van der Waals surface area contributed by atoms with Crippen LogP contribution in [0.25, 0.3) is 0 Å². The molecule has 0 unspecified atom stereocenters. The minimum atomic E-state index is -1.23. The summed E-state index contributed by atoms with van der Waals surface area (Å²) in [5, 5.41) is 12.2. The highest BCUT2D eigenvalue weighted by Crippen LogP contribution is 2.17. The van der Waals surface area contributed by atoms with Crippen molar-refractivity contribution in [1.82, 2.24) is 10.1 Å². The lowest BCUT2D eigenvalue weighted by molar-refractivity contribution is 0.0695. The molecule has 0 spiro atoms. The van der Waals surface area contributed by atoms with Crippen LogP contribution in [0.5, 0.6) is 5.75 Å². The number of carbonyl (C=O) groups is 1. The first-order valence-corrected chi connectivity index (χ1v) is 4.57. The minimum Gasteiger partial charge on any atom is -0.485 e. The summed E-state index contributed by atoms with van der Waals surface area (Å²) in [6, 6.07) is 3.20. The average Bonchev–Trinajstić information content (AvgIpc) is 2.78. The summed E-state index contributed by atoms with van der Waals surface area (Å²) < 4.78 is 22.7. The summed E-state index contributed by atoms with van der Waals surface area (Å²) in [5.41, 5.74) is -0.187. The number of hydrogen-bond acceptors (Lipinski definition) is 5. The zero-order valence-electron chi connectivity index (χ0n) is 8.46. The van der Waals surface area contributed by atoms with E-state index in [0.717, 1.165) is 18.5 Å². The molecule has 0 atom stereocenters. The van der Waals surface area contributed by atoms with Crippen molar-refractivity contribution < 1.29 is 23.6 Å². The first-order valence-electron chi connectivity index (χ1n) is 4.57. The van der Waals surface area contributed by atoms with Gasteiger partial charge in [0.1, 0.15) is 11.6 Å². The number of carboxylic acids is 1. The Morgan fingerprint density at radius 3 is 2.94 bits per heavy atom. The van der Waals surface area contributed by atoms with Crippen LogP contribution in [-0.2, 0) is 6.61 Å². The maximum atomic E-state index is 13.1. The summed E-state index contributed by atoms with van der Waals surface area (Å²) in [4.78, 5) is 14.4. The molecule has 0 aliphatic heterocycles. The summed E-state index contributed by atoms with van der Waals surface area (Å²) in [6.45, 7) is -0.0288. The fourth-order valence-corrected chi connectivity index (χ4v) is 1.17. The molecule has 0 saturated carbocycles. The molecule has 0 aliphatic rings. The predicted molar refractivity (Wildman–Crippen MR) is 52.0 cm³/mol. The zero-order valence-corrected chi connectivity index (χ0v) is 8.46. The number of rotatable bonds is 4. The first kappa shape index (κ1) is 11.1. The van der Waals surface area contributed by atoms with Crippen LogP contribution in [0.15, 0.2) is 29.1 Å². The summed E-state index contributed by atoms with van der Waals surface area (Å²) in [6.07, 6.45) is 1.13. The molecule has 0 saturated heterocycles. The van der Waals surface area contributed by atoms with E-state index in [9.17, 15) is 9.18 Å². The number of ether oxygens (including phenoxy) is 1. The van der Waals surface area contributed by atoms with E-state index in [4.69, 9.17) is 9.84 Å². The highest BCUT2D eigenvalue weighted by Gasteiger charge is 2.08. The number of nitrogens with zero attached hydrogens (tertiary/aromatic N) is 2. The van der Waals surface area contributed by atoms with Crippen molar-refractivity contribution in [3.63, 3.8) is 0 Å². The standard InChI is InChI=1S/C10H7FN2O4/c11-7-1-6(10(14)15)2-8(3-7)16-4-9-12-5-17-13-9/h1-3,5H,4H2,(H,14,15). The average molecular weight is 238 g/mol. The Kier molecular flexibility index (Phi) is 2.99. The lowest BCUT2D eigenvalue weighted by Crippen LogP contribution is -2.01. The van der Waals surface area contributed by atoms with E-state index in [2.05, 4.69) is 14.7 Å². The van der Waals surface area contributed by atoms with Crippen LogP contribution in [0.4, 0.5) is 4.39 Å². The molecule has 1 heterocycles. The maximum Gasteiger partial charge on any atom is 0.335 e. The molecular formula is C10H7FN2O4. The smallest absolute Gasteiger partial charge is 0.335 e. The third-order valence-corrected chi connectivity index (χ3v) is 1.89. The van der Waals surface area contributed by atoms with Crippen molar-refractivity contribution in [2.75, 3.05) is 0 Å². The molecule has 7 heteroatoms. The van der Waals surface area contributed by atoms with Crippen molar-refractivity contribution in [2.45, 2.75) is 6.61 Å². The van der Waals surface area contributed by atoms with Gasteiger partial charge in [0.25, 0.3) is 0 Å². The number of hydrogen-bond donors (Lipinski definition) is 1. The van der Waals surface area contributed by atoms with Gasteiger partial charge in [0, 0.05) is 6.07 Å². The molecule has 2 rings (SSSR count). The Labute approximate surface area is 94.6 Å². The second-order valence-corrected chi connectivity index (χ2v) is 3.12. The van der Waals surface area contributed by atoms with Crippen LogP contribution in [0, 0.1) is 5.82 Å². The fraction of sp³-hybridized carbons (Fsp3) is 0.100. The number of halogens is 1. The quantitative estimate of drug-likeness (QED) is 0.868. The summed E-state index contributed by atoms with van der Waals surface area (Å²) in [7, 11) is 0. The van der Waals surface area contributed by atoms with Gasteiger partial charge in [-0.25, -0.2) is 9.18 Å². The third kappa shape index (κ3) is 2.77. The van der Waals surface area contributed by atoms with Gasteiger partial charge in [-0.1, -0.05) is 5.16 Å². The first-order chi connectivity index (χ1) is 8.15. The monoisotopic (exact) mass is 238 g/mol. The van der Waals surface area contributed by atoms with Gasteiger partial charge >= 0.3 is 5.97 Å². The third-order valence-electron chi connectivity index (χ3n) is 1.89. The molecule has 0 fully saturated rings. The Morgan fingerprint density at radius 1 is 1.47 bits per heavy atom. The molecule has 2 aromatic rings. The Balaban J connectivity index is 2.13. The van der Waals surface area contributed by atoms with Crippen molar-refractivity contribution in [1.29, 1.82) is 0 Å². The van der Waals surface area contributed by atoms with Gasteiger partial charge in [0.15, 0.2) is 6.61 Å². The van der Waals surface area contributed by atoms with Crippen LogP contribution in [0.3, 0.4) is 0 Å². The van der Waals surface area contributed by atoms with Gasteiger partial charge in [-0.05, 0) is 12.1 Å². The fourth-order valence-electron chi connectivity index (χ4n) is 1.17. The van der Waals surface area contributed by atoms with Crippen molar-refractivity contribution in [3.8, 4) is 5.75 Å². The highest BCUT2D eigenvalue weighted by molar-refractivity contribution is 5.88. The van der Waals surface area contributed by atoms with E-state index >= 15 is 0 Å². The van der Waals surface area contributed by atoms with E-state index in [1.165, 1.54) is 6.07 Å². The SMILES string of the molecule is O=C(O)c1cc(F)cc(OCc2ncon2)c1. The second kappa shape index (κ2) is 4.60. The topological polar surface area (TPSA) is 85.5 Å². The zero-order chi connectivity index (χ0) is 12.3. The summed E-state index contributed by atoms with van der Waals surface area (Å²) in [5.74, 6) is -1.54. The van der Waals surface area contributed by atoms with Gasteiger partial charge in [-0.3, -0.25) is 0 Å². The highest BCUT2D eigenvalue weighted by atomic mass is 19.1.